The van der Waals surface area contributed by atoms with Crippen LogP contribution in [0.15, 0.2) is 78.9 Å². The average Bonchev–Trinajstić information content (AvgIpc) is 2.87. The van der Waals surface area contributed by atoms with Crippen LogP contribution in [0.1, 0.15) is 45.9 Å². The number of hydrogen-bond acceptors (Lipinski definition) is 2. The smallest absolute Gasteiger partial charge is 0.352 e. The van der Waals surface area contributed by atoms with E-state index >= 15 is 0 Å². The van der Waals surface area contributed by atoms with Gasteiger partial charge in [0.2, 0.25) is 5.91 Å². The number of halogens is 4. The number of likely N-dealkylation sites (tertiary alicyclic amines) is 1. The SMILES string of the molecule is O=C(NCc1cccc(C(F)(F)F)c1)[C@H]1CC[C@H](c2ccc(F)cc2)N(C(=O)c2ccccc2)C1. The van der Waals surface area contributed by atoms with Gasteiger partial charge in [-0.2, -0.15) is 13.2 Å². The lowest BCUT2D eigenvalue weighted by molar-refractivity contribution is -0.137. The molecule has 3 aromatic carbocycles. The van der Waals surface area contributed by atoms with Crippen molar-refractivity contribution in [3.63, 3.8) is 0 Å². The lowest BCUT2D eigenvalue weighted by Crippen LogP contribution is -2.46. The van der Waals surface area contributed by atoms with Gasteiger partial charge in [0.05, 0.1) is 17.5 Å². The van der Waals surface area contributed by atoms with Crippen LogP contribution in [0, 0.1) is 11.7 Å². The Kier molecular flexibility index (Phi) is 7.19. The predicted octanol–water partition coefficient (Wildman–Crippen LogP) is 5.75. The molecule has 2 amide bonds. The lowest BCUT2D eigenvalue weighted by Gasteiger charge is -2.39. The number of piperidine rings is 1. The van der Waals surface area contributed by atoms with Gasteiger partial charge in [-0.05, 0) is 60.4 Å². The van der Waals surface area contributed by atoms with Crippen molar-refractivity contribution >= 4 is 11.8 Å². The van der Waals surface area contributed by atoms with E-state index in [9.17, 15) is 27.2 Å². The maximum atomic E-state index is 13.5. The van der Waals surface area contributed by atoms with Crippen LogP contribution < -0.4 is 5.32 Å². The fourth-order valence-electron chi connectivity index (χ4n) is 4.38. The van der Waals surface area contributed by atoms with Crippen molar-refractivity contribution in [1.82, 2.24) is 10.2 Å². The molecule has 1 saturated heterocycles. The molecule has 0 bridgehead atoms. The fourth-order valence-corrected chi connectivity index (χ4v) is 4.38. The minimum absolute atomic E-state index is 0.0483. The molecule has 1 aliphatic rings. The summed E-state index contributed by atoms with van der Waals surface area (Å²) < 4.78 is 52.4. The van der Waals surface area contributed by atoms with Gasteiger partial charge in [-0.15, -0.1) is 0 Å². The van der Waals surface area contributed by atoms with Gasteiger partial charge >= 0.3 is 6.18 Å². The first-order valence-corrected chi connectivity index (χ1v) is 11.3. The highest BCUT2D eigenvalue weighted by Crippen LogP contribution is 2.35. The maximum Gasteiger partial charge on any atom is 0.416 e. The summed E-state index contributed by atoms with van der Waals surface area (Å²) in [4.78, 5) is 27.9. The molecule has 182 valence electrons. The molecule has 0 radical (unpaired) electrons. The van der Waals surface area contributed by atoms with Gasteiger partial charge in [0.15, 0.2) is 0 Å². The molecule has 1 fully saturated rings. The number of carbonyl (C=O) groups excluding carboxylic acids is 2. The normalized spacial score (nSPS) is 18.2. The van der Waals surface area contributed by atoms with E-state index in [-0.39, 0.29) is 36.8 Å². The van der Waals surface area contributed by atoms with Crippen molar-refractivity contribution in [2.24, 2.45) is 5.92 Å². The minimum Gasteiger partial charge on any atom is -0.352 e. The van der Waals surface area contributed by atoms with Crippen LogP contribution in [0.25, 0.3) is 0 Å². The molecule has 1 N–H and O–H groups in total. The molecule has 8 heteroatoms. The Bertz CT molecular complexity index is 1180. The first-order chi connectivity index (χ1) is 16.7. The van der Waals surface area contributed by atoms with E-state index in [1.807, 2.05) is 0 Å². The largest absolute Gasteiger partial charge is 0.416 e. The van der Waals surface area contributed by atoms with Crippen molar-refractivity contribution in [1.29, 1.82) is 0 Å². The van der Waals surface area contributed by atoms with Gasteiger partial charge in [-0.25, -0.2) is 4.39 Å². The lowest BCUT2D eigenvalue weighted by atomic mass is 9.87. The second-order valence-corrected chi connectivity index (χ2v) is 8.58. The number of amides is 2. The van der Waals surface area contributed by atoms with E-state index in [0.717, 1.165) is 17.7 Å². The number of carbonyl (C=O) groups is 2. The van der Waals surface area contributed by atoms with Crippen molar-refractivity contribution in [2.45, 2.75) is 31.6 Å². The van der Waals surface area contributed by atoms with Gasteiger partial charge in [-0.1, -0.05) is 42.5 Å². The molecular formula is C27H24F4N2O2. The summed E-state index contributed by atoms with van der Waals surface area (Å²) in [6.45, 7) is 0.0947. The molecule has 1 aliphatic heterocycles. The monoisotopic (exact) mass is 484 g/mol. The summed E-state index contributed by atoms with van der Waals surface area (Å²) in [5.74, 6) is -1.47. The van der Waals surface area contributed by atoms with Gasteiger partial charge in [-0.3, -0.25) is 9.59 Å². The zero-order valence-electron chi connectivity index (χ0n) is 18.8. The van der Waals surface area contributed by atoms with E-state index in [0.29, 0.717) is 24.0 Å². The topological polar surface area (TPSA) is 49.4 Å². The van der Waals surface area contributed by atoms with Crippen LogP contribution in [-0.2, 0) is 17.5 Å². The zero-order chi connectivity index (χ0) is 25.0. The third kappa shape index (κ3) is 5.88. The Labute approximate surface area is 200 Å². The number of hydrogen-bond donors (Lipinski definition) is 1. The quantitative estimate of drug-likeness (QED) is 0.469. The molecular weight excluding hydrogens is 460 g/mol. The van der Waals surface area contributed by atoms with E-state index < -0.39 is 17.7 Å². The Morgan fingerprint density at radius 2 is 1.63 bits per heavy atom. The fraction of sp³-hybridized carbons (Fsp3) is 0.259. The number of rotatable bonds is 5. The first-order valence-electron chi connectivity index (χ1n) is 11.3. The Morgan fingerprint density at radius 3 is 2.31 bits per heavy atom. The summed E-state index contributed by atoms with van der Waals surface area (Å²) >= 11 is 0. The van der Waals surface area contributed by atoms with Crippen molar-refractivity contribution in [2.75, 3.05) is 6.54 Å². The summed E-state index contributed by atoms with van der Waals surface area (Å²) in [5.41, 5.74) is 0.817. The van der Waals surface area contributed by atoms with Crippen LogP contribution in [0.3, 0.4) is 0 Å². The minimum atomic E-state index is -4.46. The van der Waals surface area contributed by atoms with Crippen LogP contribution in [0.4, 0.5) is 17.6 Å². The first kappa shape index (κ1) is 24.4. The van der Waals surface area contributed by atoms with Crippen LogP contribution in [0.2, 0.25) is 0 Å². The van der Waals surface area contributed by atoms with Crippen molar-refractivity contribution in [3.8, 4) is 0 Å². The third-order valence-electron chi connectivity index (χ3n) is 6.21. The maximum absolute atomic E-state index is 13.5. The molecule has 0 spiro atoms. The molecule has 0 aliphatic carbocycles. The molecule has 0 aromatic heterocycles. The highest BCUT2D eigenvalue weighted by Gasteiger charge is 2.36. The van der Waals surface area contributed by atoms with E-state index in [1.165, 1.54) is 24.3 Å². The molecule has 1 heterocycles. The highest BCUT2D eigenvalue weighted by atomic mass is 19.4. The average molecular weight is 484 g/mol. The van der Waals surface area contributed by atoms with Crippen molar-refractivity contribution < 1.29 is 27.2 Å². The van der Waals surface area contributed by atoms with E-state index in [1.54, 1.807) is 47.4 Å². The Hall–Kier alpha value is -3.68. The Morgan fingerprint density at radius 1 is 0.914 bits per heavy atom. The summed E-state index contributed by atoms with van der Waals surface area (Å²) in [6, 6.07) is 19.2. The van der Waals surface area contributed by atoms with Crippen molar-refractivity contribution in [3.05, 3.63) is 107 Å². The number of nitrogens with zero attached hydrogens (tertiary/aromatic N) is 1. The molecule has 2 atom stereocenters. The molecule has 4 nitrogen and oxygen atoms in total. The number of nitrogens with one attached hydrogen (secondary N) is 1. The zero-order valence-corrected chi connectivity index (χ0v) is 18.8. The molecule has 4 rings (SSSR count). The van der Waals surface area contributed by atoms with E-state index in [2.05, 4.69) is 5.32 Å². The summed E-state index contributed by atoms with van der Waals surface area (Å²) in [6.07, 6.45) is -3.49. The van der Waals surface area contributed by atoms with Gasteiger partial charge in [0.25, 0.3) is 5.91 Å². The second-order valence-electron chi connectivity index (χ2n) is 8.58. The molecule has 0 unspecified atom stereocenters. The van der Waals surface area contributed by atoms with Crippen LogP contribution in [-0.4, -0.2) is 23.3 Å². The van der Waals surface area contributed by atoms with Crippen LogP contribution >= 0.6 is 0 Å². The Balaban J connectivity index is 1.49. The summed E-state index contributed by atoms with van der Waals surface area (Å²) in [7, 11) is 0. The van der Waals surface area contributed by atoms with Gasteiger partial charge in [0.1, 0.15) is 5.82 Å². The number of alkyl halides is 3. The molecule has 0 saturated carbocycles. The van der Waals surface area contributed by atoms with E-state index in [4.69, 9.17) is 0 Å². The highest BCUT2D eigenvalue weighted by molar-refractivity contribution is 5.95. The second kappa shape index (κ2) is 10.3. The van der Waals surface area contributed by atoms with Gasteiger partial charge in [0, 0.05) is 18.7 Å². The molecule has 3 aromatic rings. The molecule has 35 heavy (non-hydrogen) atoms. The third-order valence-corrected chi connectivity index (χ3v) is 6.21. The van der Waals surface area contributed by atoms with Crippen LogP contribution in [0.5, 0.6) is 0 Å². The standard InChI is InChI=1S/C27H24F4N2O2/c28-23-12-9-19(10-13-23)24-14-11-21(17-33(24)26(35)20-6-2-1-3-7-20)25(34)32-16-18-5-4-8-22(15-18)27(29,30)31/h1-10,12-13,15,21,24H,11,14,16-17H2,(H,32,34)/t21-,24+/m0/s1. The number of benzene rings is 3. The predicted molar refractivity (Wildman–Crippen MR) is 123 cm³/mol. The summed E-state index contributed by atoms with van der Waals surface area (Å²) in [5, 5.41) is 2.71. The van der Waals surface area contributed by atoms with Gasteiger partial charge < -0.3 is 10.2 Å².